The van der Waals surface area contributed by atoms with Gasteiger partial charge >= 0.3 is 0 Å². The number of nitrogens with zero attached hydrogens (tertiary/aromatic N) is 1. The van der Waals surface area contributed by atoms with Gasteiger partial charge in [-0.05, 0) is 40.4 Å². The van der Waals surface area contributed by atoms with Gasteiger partial charge in [-0.3, -0.25) is 9.59 Å². The Morgan fingerprint density at radius 3 is 2.17 bits per heavy atom. The fraction of sp³-hybridized carbons (Fsp3) is 0.867. The van der Waals surface area contributed by atoms with Gasteiger partial charge in [0.2, 0.25) is 11.8 Å². The summed E-state index contributed by atoms with van der Waals surface area (Å²) in [6.07, 6.45) is 2.61. The fourth-order valence-corrected chi connectivity index (χ4v) is 3.44. The molecule has 0 bridgehead atoms. The summed E-state index contributed by atoms with van der Waals surface area (Å²) in [6, 6.07) is -0.241. The van der Waals surface area contributed by atoms with Crippen molar-refractivity contribution in [3.8, 4) is 0 Å². The normalized spacial score (nSPS) is 14.9. The summed E-state index contributed by atoms with van der Waals surface area (Å²) in [5.41, 5.74) is 0. The van der Waals surface area contributed by atoms with Gasteiger partial charge in [0.15, 0.2) is 9.84 Å². The summed E-state index contributed by atoms with van der Waals surface area (Å²) in [4.78, 5) is 25.5. The van der Waals surface area contributed by atoms with Crippen LogP contribution in [0.25, 0.3) is 0 Å². The predicted molar refractivity (Wildman–Crippen MR) is 96.4 cm³/mol. The number of hydrogen-bond donors (Lipinski definition) is 1. The van der Waals surface area contributed by atoms with Gasteiger partial charge in [-0.15, -0.1) is 0 Å². The maximum absolute atomic E-state index is 12.1. The van der Waals surface area contributed by atoms with E-state index in [9.17, 15) is 18.0 Å². The Labute approximate surface area is 144 Å². The average molecular weight is 367 g/mol. The topological polar surface area (TPSA) is 83.6 Å². The highest BCUT2D eigenvalue weighted by atomic mass is 32.2. The second-order valence-electron chi connectivity index (χ2n) is 6.69. The summed E-state index contributed by atoms with van der Waals surface area (Å²) in [6.45, 7) is 8.74. The smallest absolute Gasteiger partial charge is 0.237 e. The molecule has 136 valence electrons. The molecule has 0 rings (SSSR count). The molecule has 0 radical (unpaired) electrons. The van der Waals surface area contributed by atoms with E-state index < -0.39 is 26.2 Å². The molecule has 0 aliphatic rings. The van der Waals surface area contributed by atoms with E-state index in [2.05, 4.69) is 5.32 Å². The predicted octanol–water partition coefficient (Wildman–Crippen LogP) is 1.30. The zero-order valence-corrected chi connectivity index (χ0v) is 16.8. The summed E-state index contributed by atoms with van der Waals surface area (Å²) >= 11 is 1.48. The van der Waals surface area contributed by atoms with Crippen LogP contribution in [0.1, 0.15) is 41.0 Å². The van der Waals surface area contributed by atoms with Gasteiger partial charge in [-0.2, -0.15) is 11.8 Å². The lowest BCUT2D eigenvalue weighted by Gasteiger charge is -2.25. The Morgan fingerprint density at radius 2 is 1.78 bits per heavy atom. The first-order valence-corrected chi connectivity index (χ1v) is 10.6. The molecule has 8 heteroatoms. The number of carbonyl (C=O) groups is 2. The molecule has 0 heterocycles. The number of carbonyl (C=O) groups excluding carboxylic acids is 2. The van der Waals surface area contributed by atoms with E-state index in [-0.39, 0.29) is 23.7 Å². The van der Waals surface area contributed by atoms with E-state index in [0.29, 0.717) is 0 Å². The van der Waals surface area contributed by atoms with E-state index in [1.807, 2.05) is 13.2 Å². The zero-order chi connectivity index (χ0) is 18.4. The molecule has 2 amide bonds. The van der Waals surface area contributed by atoms with E-state index >= 15 is 0 Å². The Balaban J connectivity index is 4.62. The molecule has 0 aromatic rings. The van der Waals surface area contributed by atoms with Crippen molar-refractivity contribution >= 4 is 33.4 Å². The lowest BCUT2D eigenvalue weighted by Crippen LogP contribution is -2.47. The second-order valence-corrected chi connectivity index (χ2v) is 10.5. The molecule has 0 aliphatic carbocycles. The van der Waals surface area contributed by atoms with Crippen molar-refractivity contribution < 1.29 is 18.0 Å². The third-order valence-electron chi connectivity index (χ3n) is 3.56. The Hall–Kier alpha value is -0.760. The molecule has 0 fully saturated rings. The van der Waals surface area contributed by atoms with Crippen LogP contribution in [0, 0.1) is 0 Å². The van der Waals surface area contributed by atoms with Crippen LogP contribution in [0.15, 0.2) is 0 Å². The number of nitrogens with one attached hydrogen (secondary N) is 1. The molecule has 2 unspecified atom stereocenters. The third-order valence-corrected chi connectivity index (χ3v) is 7.17. The third kappa shape index (κ3) is 7.12. The minimum absolute atomic E-state index is 0.0596. The lowest BCUT2D eigenvalue weighted by atomic mass is 10.2. The van der Waals surface area contributed by atoms with Gasteiger partial charge in [0.05, 0.1) is 10.00 Å². The second kappa shape index (κ2) is 8.92. The van der Waals surface area contributed by atoms with Gasteiger partial charge in [0.1, 0.15) is 5.75 Å². The Morgan fingerprint density at radius 1 is 1.26 bits per heavy atom. The molecule has 0 aromatic carbocycles. The van der Waals surface area contributed by atoms with E-state index in [4.69, 9.17) is 0 Å². The van der Waals surface area contributed by atoms with Gasteiger partial charge in [-0.25, -0.2) is 8.42 Å². The molecular weight excluding hydrogens is 336 g/mol. The van der Waals surface area contributed by atoms with Gasteiger partial charge in [0, 0.05) is 19.6 Å². The number of thioether (sulfide) groups is 1. The van der Waals surface area contributed by atoms with Crippen molar-refractivity contribution in [2.24, 2.45) is 0 Å². The van der Waals surface area contributed by atoms with Crippen molar-refractivity contribution in [1.82, 2.24) is 10.2 Å². The van der Waals surface area contributed by atoms with Crippen molar-refractivity contribution in [2.75, 3.05) is 25.6 Å². The van der Waals surface area contributed by atoms with E-state index in [0.717, 1.165) is 6.42 Å². The lowest BCUT2D eigenvalue weighted by molar-refractivity contribution is -0.128. The monoisotopic (exact) mass is 366 g/mol. The number of amides is 2. The molecule has 0 aliphatic heterocycles. The molecule has 23 heavy (non-hydrogen) atoms. The fourth-order valence-electron chi connectivity index (χ4n) is 1.84. The van der Waals surface area contributed by atoms with E-state index in [1.54, 1.807) is 34.7 Å². The molecule has 0 aromatic heterocycles. The highest BCUT2D eigenvalue weighted by Crippen LogP contribution is 2.16. The molecule has 6 nitrogen and oxygen atoms in total. The van der Waals surface area contributed by atoms with Crippen molar-refractivity contribution in [3.05, 3.63) is 0 Å². The number of likely N-dealkylation sites (N-methyl/N-ethyl adjacent to an activating group) is 1. The first kappa shape index (κ1) is 22.2. The molecule has 0 saturated heterocycles. The van der Waals surface area contributed by atoms with Gasteiger partial charge < -0.3 is 10.2 Å². The van der Waals surface area contributed by atoms with Crippen LogP contribution in [0.4, 0.5) is 0 Å². The first-order valence-electron chi connectivity index (χ1n) is 7.65. The molecular formula is C15H30N2O4S2. The van der Waals surface area contributed by atoms with Crippen LogP contribution in [0.3, 0.4) is 0 Å². The van der Waals surface area contributed by atoms with E-state index in [1.165, 1.54) is 16.7 Å². The molecule has 0 spiro atoms. The standard InChI is InChI=1S/C15H30N2O4S2/c1-8-12(22-7)14(19)16-11(2)9-17(6)13(18)10-23(20,21)15(3,4)5/h11-12H,8-10H2,1-7H3,(H,16,19). The minimum Gasteiger partial charge on any atom is -0.351 e. The molecule has 2 atom stereocenters. The maximum atomic E-state index is 12.1. The highest BCUT2D eigenvalue weighted by molar-refractivity contribution is 7.99. The maximum Gasteiger partial charge on any atom is 0.237 e. The Kier molecular flexibility index (Phi) is 8.62. The summed E-state index contributed by atoms with van der Waals surface area (Å²) in [5, 5.41) is 2.75. The average Bonchev–Trinajstić information content (AvgIpc) is 2.37. The van der Waals surface area contributed by atoms with Crippen molar-refractivity contribution in [1.29, 1.82) is 0 Å². The summed E-state index contributed by atoms with van der Waals surface area (Å²) in [5.74, 6) is -1.04. The van der Waals surface area contributed by atoms with Gasteiger partial charge in [-0.1, -0.05) is 6.92 Å². The van der Waals surface area contributed by atoms with Gasteiger partial charge in [0.25, 0.3) is 0 Å². The van der Waals surface area contributed by atoms with Crippen molar-refractivity contribution in [2.45, 2.75) is 57.1 Å². The van der Waals surface area contributed by atoms with Crippen LogP contribution in [0.2, 0.25) is 0 Å². The molecule has 0 saturated carbocycles. The number of rotatable bonds is 8. The van der Waals surface area contributed by atoms with Crippen LogP contribution in [-0.2, 0) is 19.4 Å². The highest BCUT2D eigenvalue weighted by Gasteiger charge is 2.32. The van der Waals surface area contributed by atoms with Crippen LogP contribution >= 0.6 is 11.8 Å². The van der Waals surface area contributed by atoms with Crippen LogP contribution in [0.5, 0.6) is 0 Å². The number of hydrogen-bond acceptors (Lipinski definition) is 5. The van der Waals surface area contributed by atoms with Crippen molar-refractivity contribution in [3.63, 3.8) is 0 Å². The summed E-state index contributed by atoms with van der Waals surface area (Å²) < 4.78 is 23.2. The SMILES string of the molecule is CCC(SC)C(=O)NC(C)CN(C)C(=O)CS(=O)(=O)C(C)(C)C. The minimum atomic E-state index is -3.50. The zero-order valence-electron chi connectivity index (χ0n) is 15.2. The first-order chi connectivity index (χ1) is 10.4. The Bertz CT molecular complexity index is 508. The number of sulfone groups is 1. The van der Waals surface area contributed by atoms with Crippen LogP contribution in [-0.4, -0.2) is 66.8 Å². The quantitative estimate of drug-likeness (QED) is 0.700. The van der Waals surface area contributed by atoms with Crippen LogP contribution < -0.4 is 5.32 Å². The summed E-state index contributed by atoms with van der Waals surface area (Å²) in [7, 11) is -1.95. The molecule has 1 N–H and O–H groups in total. The largest absolute Gasteiger partial charge is 0.351 e.